The summed E-state index contributed by atoms with van der Waals surface area (Å²) in [7, 11) is 0. The maximum Gasteiger partial charge on any atom is 0.453 e. The fraction of sp³-hybridized carbons (Fsp3) is 1.00. The summed E-state index contributed by atoms with van der Waals surface area (Å²) < 4.78 is 73.0. The lowest BCUT2D eigenvalue weighted by molar-refractivity contribution is -0.284. The first-order valence-corrected chi connectivity index (χ1v) is 12.0. The topological polar surface area (TPSA) is 18.5 Å². The first kappa shape index (κ1) is 27.6. The van der Waals surface area contributed by atoms with E-state index >= 15 is 0 Å². The Morgan fingerprint density at radius 2 is 1.20 bits per heavy atom. The molecule has 0 bridgehead atoms. The summed E-state index contributed by atoms with van der Waals surface area (Å²) >= 11 is 0. The van der Waals surface area contributed by atoms with Crippen molar-refractivity contribution < 1.29 is 31.4 Å². The molecule has 1 saturated heterocycles. The highest BCUT2D eigenvalue weighted by Gasteiger charge is 2.56. The SMILES string of the molecule is FC(F)(F)C(F)(F)CCCCCCCCCCCCCCOCCC1CCCCO1. The van der Waals surface area contributed by atoms with Crippen molar-refractivity contribution in [3.63, 3.8) is 0 Å². The third kappa shape index (κ3) is 13.8. The number of rotatable bonds is 18. The number of hydrogen-bond acceptors (Lipinski definition) is 2. The molecule has 1 aliphatic heterocycles. The van der Waals surface area contributed by atoms with Gasteiger partial charge in [-0.05, 0) is 38.5 Å². The second-order valence-corrected chi connectivity index (χ2v) is 8.58. The first-order chi connectivity index (χ1) is 14.3. The zero-order valence-electron chi connectivity index (χ0n) is 18.4. The maximum atomic E-state index is 12.7. The van der Waals surface area contributed by atoms with Gasteiger partial charge in [-0.2, -0.15) is 22.0 Å². The Bertz CT molecular complexity index is 396. The molecule has 0 aliphatic carbocycles. The summed E-state index contributed by atoms with van der Waals surface area (Å²) in [5.74, 6) is -4.54. The molecule has 0 spiro atoms. The first-order valence-electron chi connectivity index (χ1n) is 12.0. The number of ether oxygens (including phenoxy) is 2. The van der Waals surface area contributed by atoms with Crippen molar-refractivity contribution in [3.8, 4) is 0 Å². The molecule has 2 nitrogen and oxygen atoms in total. The van der Waals surface area contributed by atoms with Crippen molar-refractivity contribution in [2.24, 2.45) is 0 Å². The largest absolute Gasteiger partial charge is 0.453 e. The monoisotopic (exact) mass is 444 g/mol. The molecule has 1 atom stereocenters. The highest BCUT2D eigenvalue weighted by atomic mass is 19.4. The van der Waals surface area contributed by atoms with Crippen molar-refractivity contribution in [2.75, 3.05) is 19.8 Å². The molecule has 0 aromatic rings. The van der Waals surface area contributed by atoms with Crippen LogP contribution in [0.25, 0.3) is 0 Å². The predicted octanol–water partition coefficient (Wildman–Crippen LogP) is 8.23. The Morgan fingerprint density at radius 1 is 0.667 bits per heavy atom. The molecule has 30 heavy (non-hydrogen) atoms. The number of alkyl halides is 5. The fourth-order valence-corrected chi connectivity index (χ4v) is 3.81. The van der Waals surface area contributed by atoms with Crippen molar-refractivity contribution in [3.05, 3.63) is 0 Å². The molecule has 0 aromatic carbocycles. The summed E-state index contributed by atoms with van der Waals surface area (Å²) in [5.41, 5.74) is 0. The van der Waals surface area contributed by atoms with Gasteiger partial charge >= 0.3 is 12.1 Å². The third-order valence-electron chi connectivity index (χ3n) is 5.80. The van der Waals surface area contributed by atoms with Crippen LogP contribution in [-0.2, 0) is 9.47 Å². The van der Waals surface area contributed by atoms with Gasteiger partial charge in [0.1, 0.15) is 0 Å². The molecule has 1 unspecified atom stereocenters. The number of halogens is 5. The standard InChI is InChI=1S/C23H41F5O2/c24-22(25,23(26,27)28)17-12-9-7-5-3-1-2-4-6-8-10-13-18-29-20-16-21-15-11-14-19-30-21/h21H,1-20H2. The van der Waals surface area contributed by atoms with Gasteiger partial charge in [0.25, 0.3) is 0 Å². The Balaban J connectivity index is 1.73. The minimum Gasteiger partial charge on any atom is -0.381 e. The molecule has 1 aliphatic rings. The van der Waals surface area contributed by atoms with Crippen molar-refractivity contribution in [1.29, 1.82) is 0 Å². The molecule has 1 heterocycles. The van der Waals surface area contributed by atoms with Gasteiger partial charge in [-0.1, -0.05) is 64.2 Å². The van der Waals surface area contributed by atoms with Crippen LogP contribution < -0.4 is 0 Å². The van der Waals surface area contributed by atoms with Gasteiger partial charge < -0.3 is 9.47 Å². The molecule has 180 valence electrons. The fourth-order valence-electron chi connectivity index (χ4n) is 3.81. The van der Waals surface area contributed by atoms with E-state index in [1.807, 2.05) is 0 Å². The molecule has 0 amide bonds. The van der Waals surface area contributed by atoms with E-state index in [0.717, 1.165) is 58.3 Å². The third-order valence-corrected chi connectivity index (χ3v) is 5.80. The van der Waals surface area contributed by atoms with Crippen LogP contribution in [0.1, 0.15) is 109 Å². The molecular weight excluding hydrogens is 403 g/mol. The normalized spacial score (nSPS) is 18.1. The van der Waals surface area contributed by atoms with Crippen LogP contribution in [0.5, 0.6) is 0 Å². The predicted molar refractivity (Wildman–Crippen MR) is 110 cm³/mol. The van der Waals surface area contributed by atoms with Gasteiger partial charge in [0, 0.05) is 26.2 Å². The summed E-state index contributed by atoms with van der Waals surface area (Å²) in [6.45, 7) is 2.54. The van der Waals surface area contributed by atoms with Gasteiger partial charge in [0.15, 0.2) is 0 Å². The zero-order chi connectivity index (χ0) is 22.1. The average Bonchev–Trinajstić information content (AvgIpc) is 2.70. The van der Waals surface area contributed by atoms with E-state index in [1.54, 1.807) is 0 Å². The summed E-state index contributed by atoms with van der Waals surface area (Å²) in [6, 6.07) is 0. The van der Waals surface area contributed by atoms with Gasteiger partial charge in [-0.15, -0.1) is 0 Å². The minimum atomic E-state index is -5.41. The zero-order valence-corrected chi connectivity index (χ0v) is 18.4. The maximum absolute atomic E-state index is 12.7. The summed E-state index contributed by atoms with van der Waals surface area (Å²) in [5, 5.41) is 0. The van der Waals surface area contributed by atoms with Gasteiger partial charge in [0.2, 0.25) is 0 Å². The van der Waals surface area contributed by atoms with E-state index in [0.29, 0.717) is 12.5 Å². The second-order valence-electron chi connectivity index (χ2n) is 8.58. The van der Waals surface area contributed by atoms with Crippen LogP contribution in [-0.4, -0.2) is 38.0 Å². The quantitative estimate of drug-likeness (QED) is 0.157. The van der Waals surface area contributed by atoms with Crippen molar-refractivity contribution >= 4 is 0 Å². The van der Waals surface area contributed by atoms with E-state index < -0.39 is 18.5 Å². The minimum absolute atomic E-state index is 0.0649. The van der Waals surface area contributed by atoms with E-state index in [2.05, 4.69) is 0 Å². The van der Waals surface area contributed by atoms with E-state index in [-0.39, 0.29) is 6.42 Å². The van der Waals surface area contributed by atoms with E-state index in [1.165, 1.54) is 51.4 Å². The average molecular weight is 445 g/mol. The molecule has 1 rings (SSSR count). The highest BCUT2D eigenvalue weighted by molar-refractivity contribution is 4.75. The van der Waals surface area contributed by atoms with Gasteiger partial charge in [0.05, 0.1) is 6.10 Å². The Kier molecular flexibility index (Phi) is 14.9. The van der Waals surface area contributed by atoms with Crippen LogP contribution in [0.4, 0.5) is 22.0 Å². The molecule has 0 aromatic heterocycles. The van der Waals surface area contributed by atoms with E-state index in [9.17, 15) is 22.0 Å². The van der Waals surface area contributed by atoms with Gasteiger partial charge in [-0.25, -0.2) is 0 Å². The summed E-state index contributed by atoms with van der Waals surface area (Å²) in [4.78, 5) is 0. The van der Waals surface area contributed by atoms with E-state index in [4.69, 9.17) is 9.47 Å². The molecular formula is C23H41F5O2. The molecule has 0 saturated carbocycles. The Morgan fingerprint density at radius 3 is 1.70 bits per heavy atom. The number of unbranched alkanes of at least 4 members (excludes halogenated alkanes) is 11. The smallest absolute Gasteiger partial charge is 0.381 e. The van der Waals surface area contributed by atoms with Crippen LogP contribution in [0.3, 0.4) is 0 Å². The van der Waals surface area contributed by atoms with Gasteiger partial charge in [-0.3, -0.25) is 0 Å². The molecule has 0 N–H and O–H groups in total. The molecule has 0 radical (unpaired) electrons. The summed E-state index contributed by atoms with van der Waals surface area (Å²) in [6.07, 6.45) is 9.87. The van der Waals surface area contributed by atoms with Crippen LogP contribution >= 0.6 is 0 Å². The second kappa shape index (κ2) is 16.2. The number of hydrogen-bond donors (Lipinski definition) is 0. The highest BCUT2D eigenvalue weighted by Crippen LogP contribution is 2.39. The van der Waals surface area contributed by atoms with Crippen LogP contribution in [0.2, 0.25) is 0 Å². The van der Waals surface area contributed by atoms with Crippen molar-refractivity contribution in [2.45, 2.75) is 127 Å². The lowest BCUT2D eigenvalue weighted by atomic mass is 10.0. The van der Waals surface area contributed by atoms with Crippen LogP contribution in [0, 0.1) is 0 Å². The lowest BCUT2D eigenvalue weighted by Crippen LogP contribution is -2.36. The molecule has 7 heteroatoms. The van der Waals surface area contributed by atoms with Crippen LogP contribution in [0.15, 0.2) is 0 Å². The van der Waals surface area contributed by atoms with Crippen molar-refractivity contribution in [1.82, 2.24) is 0 Å². The molecule has 1 fully saturated rings. The Hall–Kier alpha value is -0.430. The Labute approximate surface area is 179 Å². The lowest BCUT2D eigenvalue weighted by Gasteiger charge is -2.22.